The average molecular weight is 313 g/mol. The molecule has 8 heteroatoms. The Hall–Kier alpha value is -1.93. The van der Waals surface area contributed by atoms with Crippen molar-refractivity contribution in [2.45, 2.75) is 37.8 Å². The van der Waals surface area contributed by atoms with Crippen molar-refractivity contribution in [2.75, 3.05) is 0 Å². The molecule has 1 rings (SSSR count). The molecule has 0 fully saturated rings. The molecule has 0 aromatic heterocycles. The minimum Gasteiger partial charge on any atom is -0.344 e. The fourth-order valence-electron chi connectivity index (χ4n) is 1.46. The van der Waals surface area contributed by atoms with Crippen LogP contribution in [0.3, 0.4) is 0 Å². The van der Waals surface area contributed by atoms with Crippen molar-refractivity contribution in [1.82, 2.24) is 10.6 Å². The third-order valence-corrected chi connectivity index (χ3v) is 3.33. The van der Waals surface area contributed by atoms with Crippen LogP contribution in [0.25, 0.3) is 0 Å². The number of nitrogens with one attached hydrogen (secondary N) is 2. The highest BCUT2D eigenvalue weighted by atomic mass is 32.2. The molecule has 1 aromatic carbocycles. The summed E-state index contributed by atoms with van der Waals surface area (Å²) in [5.74, 6) is -1.47. The summed E-state index contributed by atoms with van der Waals surface area (Å²) in [5.41, 5.74) is 0.158. The summed E-state index contributed by atoms with van der Waals surface area (Å²) in [5, 5.41) is 9.96. The van der Waals surface area contributed by atoms with Crippen LogP contribution in [-0.4, -0.2) is 25.8 Å². The smallest absolute Gasteiger partial charge is 0.309 e. The van der Waals surface area contributed by atoms with Crippen LogP contribution in [-0.2, 0) is 26.2 Å². The van der Waals surface area contributed by atoms with Gasteiger partial charge in [0.2, 0.25) is 10.0 Å². The van der Waals surface area contributed by atoms with Gasteiger partial charge in [-0.05, 0) is 38.5 Å². The Morgan fingerprint density at radius 3 is 2.05 bits per heavy atom. The van der Waals surface area contributed by atoms with E-state index in [1.54, 1.807) is 20.8 Å². The molecular weight excluding hydrogens is 294 g/mol. The van der Waals surface area contributed by atoms with Gasteiger partial charge in [0.25, 0.3) is 0 Å². The van der Waals surface area contributed by atoms with E-state index in [-0.39, 0.29) is 11.4 Å². The molecule has 0 aliphatic rings. The predicted molar refractivity (Wildman–Crippen MR) is 77.6 cm³/mol. The first kappa shape index (κ1) is 17.1. The van der Waals surface area contributed by atoms with Gasteiger partial charge in [-0.2, -0.15) is 0 Å². The van der Waals surface area contributed by atoms with Crippen molar-refractivity contribution in [1.29, 1.82) is 0 Å². The van der Waals surface area contributed by atoms with E-state index >= 15 is 0 Å². The first-order valence-corrected chi connectivity index (χ1v) is 7.76. The Bertz CT molecular complexity index is 630. The summed E-state index contributed by atoms with van der Waals surface area (Å²) < 4.78 is 22.2. The van der Waals surface area contributed by atoms with Gasteiger partial charge in [0.05, 0.1) is 4.90 Å². The number of sulfonamides is 1. The molecule has 116 valence electrons. The molecule has 0 aliphatic carbocycles. The Kier molecular flexibility index (Phi) is 5.08. The van der Waals surface area contributed by atoms with Gasteiger partial charge in [-0.15, -0.1) is 0 Å². The van der Waals surface area contributed by atoms with E-state index < -0.39 is 27.4 Å². The van der Waals surface area contributed by atoms with E-state index in [4.69, 9.17) is 5.14 Å². The SMILES string of the molecule is CC(C)(C)NC(=O)C(=O)NCc1ccc(S(N)(=O)=O)cc1. The molecule has 0 heterocycles. The number of carbonyl (C=O) groups excluding carboxylic acids is 2. The molecule has 0 spiro atoms. The summed E-state index contributed by atoms with van der Waals surface area (Å²) in [4.78, 5) is 23.1. The van der Waals surface area contributed by atoms with Gasteiger partial charge in [-0.25, -0.2) is 13.6 Å². The minimum atomic E-state index is -3.74. The lowest BCUT2D eigenvalue weighted by Gasteiger charge is -2.19. The molecular formula is C13H19N3O4S. The molecule has 0 atom stereocenters. The topological polar surface area (TPSA) is 118 Å². The number of benzene rings is 1. The van der Waals surface area contributed by atoms with Crippen LogP contribution < -0.4 is 15.8 Å². The summed E-state index contributed by atoms with van der Waals surface area (Å²) >= 11 is 0. The summed E-state index contributed by atoms with van der Waals surface area (Å²) in [6, 6.07) is 5.71. The van der Waals surface area contributed by atoms with Crippen LogP contribution in [0, 0.1) is 0 Å². The molecule has 0 saturated heterocycles. The fourth-order valence-corrected chi connectivity index (χ4v) is 1.97. The second kappa shape index (κ2) is 6.23. The van der Waals surface area contributed by atoms with Crippen LogP contribution in [0.15, 0.2) is 29.2 Å². The Balaban J connectivity index is 2.60. The highest BCUT2D eigenvalue weighted by Crippen LogP contribution is 2.08. The molecule has 0 bridgehead atoms. The van der Waals surface area contributed by atoms with Crippen LogP contribution in [0.2, 0.25) is 0 Å². The number of hydrogen-bond acceptors (Lipinski definition) is 4. The molecule has 7 nitrogen and oxygen atoms in total. The standard InChI is InChI=1S/C13H19N3O4S/c1-13(2,3)16-12(18)11(17)15-8-9-4-6-10(7-5-9)21(14,19)20/h4-7H,8H2,1-3H3,(H,15,17)(H,16,18)(H2,14,19,20). The number of primary sulfonamides is 1. The van der Waals surface area contributed by atoms with E-state index in [1.165, 1.54) is 24.3 Å². The number of hydrogen-bond donors (Lipinski definition) is 3. The van der Waals surface area contributed by atoms with Gasteiger partial charge in [0.1, 0.15) is 0 Å². The van der Waals surface area contributed by atoms with Crippen molar-refractivity contribution in [2.24, 2.45) is 5.14 Å². The van der Waals surface area contributed by atoms with Crippen molar-refractivity contribution in [3.63, 3.8) is 0 Å². The second-order valence-corrected chi connectivity index (χ2v) is 7.14. The van der Waals surface area contributed by atoms with Crippen molar-refractivity contribution >= 4 is 21.8 Å². The maximum Gasteiger partial charge on any atom is 0.309 e. The number of carbonyl (C=O) groups is 2. The van der Waals surface area contributed by atoms with Gasteiger partial charge < -0.3 is 10.6 Å². The highest BCUT2D eigenvalue weighted by Gasteiger charge is 2.19. The monoisotopic (exact) mass is 313 g/mol. The lowest BCUT2D eigenvalue weighted by molar-refractivity contribution is -0.140. The Morgan fingerprint density at radius 1 is 1.10 bits per heavy atom. The molecule has 4 N–H and O–H groups in total. The van der Waals surface area contributed by atoms with Crippen molar-refractivity contribution in [3.05, 3.63) is 29.8 Å². The molecule has 0 radical (unpaired) electrons. The summed E-state index contributed by atoms with van der Waals surface area (Å²) in [6.45, 7) is 5.42. The van der Waals surface area contributed by atoms with Gasteiger partial charge in [-0.3, -0.25) is 9.59 Å². The lowest BCUT2D eigenvalue weighted by atomic mass is 10.1. The number of rotatable bonds is 3. The molecule has 0 saturated carbocycles. The van der Waals surface area contributed by atoms with Crippen LogP contribution >= 0.6 is 0 Å². The highest BCUT2D eigenvalue weighted by molar-refractivity contribution is 7.89. The molecule has 2 amide bonds. The minimum absolute atomic E-state index is 0.0111. The normalized spacial score (nSPS) is 11.8. The van der Waals surface area contributed by atoms with Gasteiger partial charge in [0.15, 0.2) is 0 Å². The van der Waals surface area contributed by atoms with E-state index in [2.05, 4.69) is 10.6 Å². The third-order valence-electron chi connectivity index (χ3n) is 2.40. The first-order chi connectivity index (χ1) is 9.49. The van der Waals surface area contributed by atoms with E-state index in [0.717, 1.165) is 0 Å². The quantitative estimate of drug-likeness (QED) is 0.673. The Morgan fingerprint density at radius 2 is 1.62 bits per heavy atom. The maximum absolute atomic E-state index is 11.6. The van der Waals surface area contributed by atoms with E-state index in [9.17, 15) is 18.0 Å². The van der Waals surface area contributed by atoms with Crippen LogP contribution in [0.5, 0.6) is 0 Å². The largest absolute Gasteiger partial charge is 0.344 e. The van der Waals surface area contributed by atoms with Crippen molar-refractivity contribution in [3.8, 4) is 0 Å². The summed E-state index contributed by atoms with van der Waals surface area (Å²) in [6.07, 6.45) is 0. The molecule has 0 unspecified atom stereocenters. The second-order valence-electron chi connectivity index (χ2n) is 5.58. The first-order valence-electron chi connectivity index (χ1n) is 6.21. The zero-order chi connectivity index (χ0) is 16.3. The van der Waals surface area contributed by atoms with Crippen LogP contribution in [0.4, 0.5) is 0 Å². The number of nitrogens with two attached hydrogens (primary N) is 1. The molecule has 0 aliphatic heterocycles. The van der Waals surface area contributed by atoms with Gasteiger partial charge in [0, 0.05) is 12.1 Å². The van der Waals surface area contributed by atoms with Crippen LogP contribution in [0.1, 0.15) is 26.3 Å². The molecule has 1 aromatic rings. The maximum atomic E-state index is 11.6. The van der Waals surface area contributed by atoms with Gasteiger partial charge >= 0.3 is 11.8 Å². The van der Waals surface area contributed by atoms with Gasteiger partial charge in [-0.1, -0.05) is 12.1 Å². The average Bonchev–Trinajstić information content (AvgIpc) is 2.33. The fraction of sp³-hybridized carbons (Fsp3) is 0.385. The molecule has 21 heavy (non-hydrogen) atoms. The predicted octanol–water partition coefficient (Wildman–Crippen LogP) is -0.135. The zero-order valence-corrected chi connectivity index (χ0v) is 13.0. The summed E-state index contributed by atoms with van der Waals surface area (Å²) in [7, 11) is -3.74. The van der Waals surface area contributed by atoms with E-state index in [1.807, 2.05) is 0 Å². The van der Waals surface area contributed by atoms with Crippen molar-refractivity contribution < 1.29 is 18.0 Å². The third kappa shape index (κ3) is 5.92. The zero-order valence-electron chi connectivity index (χ0n) is 12.1. The Labute approximate surface area is 124 Å². The lowest BCUT2D eigenvalue weighted by Crippen LogP contribution is -2.48. The number of amides is 2. The van der Waals surface area contributed by atoms with E-state index in [0.29, 0.717) is 5.56 Å².